The molecular weight excluding hydrogens is 410 g/mol. The first-order valence-corrected chi connectivity index (χ1v) is 11.8. The molecule has 0 aliphatic heterocycles. The summed E-state index contributed by atoms with van der Waals surface area (Å²) in [6, 6.07) is 25.9. The minimum absolute atomic E-state index is 0.0236. The third kappa shape index (κ3) is 5.89. The largest absolute Gasteiger partial charge is 0.463 e. The standard InChI is InChI=1S/C29H31NO3/c1-20(2)33-29(32)26-14-10-23(11-15-26)24-16-18-27(19-17-24)30-28(31)25-12-8-22(9-13-25)21-6-4-3-5-7-21/h3-9,12-13,16-20,23,26H,10-11,14-15H2,1-2H3,(H,30,31)/t23-,26+. The summed E-state index contributed by atoms with van der Waals surface area (Å²) in [5.74, 6) is 0.295. The minimum Gasteiger partial charge on any atom is -0.463 e. The van der Waals surface area contributed by atoms with Crippen LogP contribution in [0.5, 0.6) is 0 Å². The predicted molar refractivity (Wildman–Crippen MR) is 132 cm³/mol. The van der Waals surface area contributed by atoms with Gasteiger partial charge in [-0.05, 0) is 86.4 Å². The van der Waals surface area contributed by atoms with E-state index in [4.69, 9.17) is 4.74 Å². The van der Waals surface area contributed by atoms with Crippen LogP contribution in [0.15, 0.2) is 78.9 Å². The third-order valence-corrected chi connectivity index (χ3v) is 6.31. The highest BCUT2D eigenvalue weighted by molar-refractivity contribution is 6.04. The van der Waals surface area contributed by atoms with E-state index in [-0.39, 0.29) is 23.9 Å². The van der Waals surface area contributed by atoms with Gasteiger partial charge in [-0.25, -0.2) is 0 Å². The number of nitrogens with one attached hydrogen (secondary N) is 1. The van der Waals surface area contributed by atoms with Crippen LogP contribution in [0.1, 0.15) is 61.4 Å². The van der Waals surface area contributed by atoms with Gasteiger partial charge in [-0.3, -0.25) is 9.59 Å². The molecule has 4 heteroatoms. The number of ether oxygens (including phenoxy) is 1. The number of hydrogen-bond acceptors (Lipinski definition) is 3. The molecule has 0 heterocycles. The Balaban J connectivity index is 1.31. The van der Waals surface area contributed by atoms with Crippen molar-refractivity contribution in [3.63, 3.8) is 0 Å². The Bertz CT molecular complexity index is 1060. The zero-order valence-corrected chi connectivity index (χ0v) is 19.3. The number of hydrogen-bond donors (Lipinski definition) is 1. The van der Waals surface area contributed by atoms with Crippen molar-refractivity contribution in [1.82, 2.24) is 0 Å². The van der Waals surface area contributed by atoms with Gasteiger partial charge < -0.3 is 10.1 Å². The van der Waals surface area contributed by atoms with Crippen LogP contribution in [0.2, 0.25) is 0 Å². The molecule has 1 aliphatic carbocycles. The maximum absolute atomic E-state index is 12.7. The minimum atomic E-state index is -0.119. The normalized spacial score (nSPS) is 18.0. The van der Waals surface area contributed by atoms with Gasteiger partial charge in [-0.2, -0.15) is 0 Å². The average molecular weight is 442 g/mol. The second-order valence-electron chi connectivity index (χ2n) is 9.05. The number of anilines is 1. The highest BCUT2D eigenvalue weighted by Crippen LogP contribution is 2.36. The Labute approximate surface area is 196 Å². The number of esters is 1. The van der Waals surface area contributed by atoms with E-state index in [1.807, 2.05) is 68.4 Å². The quantitative estimate of drug-likeness (QED) is 0.427. The zero-order valence-electron chi connectivity index (χ0n) is 19.3. The molecule has 1 saturated carbocycles. The molecule has 4 nitrogen and oxygen atoms in total. The van der Waals surface area contributed by atoms with Gasteiger partial charge in [-0.15, -0.1) is 0 Å². The van der Waals surface area contributed by atoms with Gasteiger partial charge >= 0.3 is 5.97 Å². The lowest BCUT2D eigenvalue weighted by molar-refractivity contribution is -0.153. The molecule has 33 heavy (non-hydrogen) atoms. The monoisotopic (exact) mass is 441 g/mol. The topological polar surface area (TPSA) is 55.4 Å². The van der Waals surface area contributed by atoms with Crippen molar-refractivity contribution in [3.05, 3.63) is 90.0 Å². The summed E-state index contributed by atoms with van der Waals surface area (Å²) in [5.41, 5.74) is 4.89. The molecule has 0 atom stereocenters. The van der Waals surface area contributed by atoms with Crippen molar-refractivity contribution in [2.45, 2.75) is 51.6 Å². The number of amides is 1. The van der Waals surface area contributed by atoms with E-state index in [0.29, 0.717) is 11.5 Å². The summed E-state index contributed by atoms with van der Waals surface area (Å²) in [6.07, 6.45) is 3.65. The lowest BCUT2D eigenvalue weighted by Gasteiger charge is -2.28. The van der Waals surface area contributed by atoms with Crippen molar-refractivity contribution in [1.29, 1.82) is 0 Å². The van der Waals surface area contributed by atoms with Crippen molar-refractivity contribution in [2.75, 3.05) is 5.32 Å². The molecular formula is C29H31NO3. The fourth-order valence-corrected chi connectivity index (χ4v) is 4.48. The molecule has 0 saturated heterocycles. The molecule has 0 bridgehead atoms. The molecule has 0 aromatic heterocycles. The van der Waals surface area contributed by atoms with Gasteiger partial charge in [0.2, 0.25) is 0 Å². The van der Waals surface area contributed by atoms with Crippen LogP contribution in [0.25, 0.3) is 11.1 Å². The highest BCUT2D eigenvalue weighted by atomic mass is 16.5. The van der Waals surface area contributed by atoms with E-state index in [0.717, 1.165) is 42.5 Å². The van der Waals surface area contributed by atoms with Crippen LogP contribution in [-0.2, 0) is 9.53 Å². The fourth-order valence-electron chi connectivity index (χ4n) is 4.48. The summed E-state index contributed by atoms with van der Waals surface area (Å²) in [6.45, 7) is 3.78. The number of carbonyl (C=O) groups is 2. The van der Waals surface area contributed by atoms with Gasteiger partial charge in [0.1, 0.15) is 0 Å². The Morgan fingerprint density at radius 1 is 0.788 bits per heavy atom. The molecule has 4 rings (SSSR count). The number of benzene rings is 3. The maximum Gasteiger partial charge on any atom is 0.309 e. The van der Waals surface area contributed by atoms with Crippen LogP contribution in [0.4, 0.5) is 5.69 Å². The van der Waals surface area contributed by atoms with Gasteiger partial charge in [-0.1, -0.05) is 54.6 Å². The Morgan fingerprint density at radius 3 is 2.00 bits per heavy atom. The first-order valence-electron chi connectivity index (χ1n) is 11.8. The van der Waals surface area contributed by atoms with Gasteiger partial charge in [0.15, 0.2) is 0 Å². The molecule has 0 spiro atoms. The Morgan fingerprint density at radius 2 is 1.39 bits per heavy atom. The van der Waals surface area contributed by atoms with E-state index >= 15 is 0 Å². The van der Waals surface area contributed by atoms with E-state index in [1.54, 1.807) is 0 Å². The summed E-state index contributed by atoms with van der Waals surface area (Å²) in [7, 11) is 0. The van der Waals surface area contributed by atoms with Crippen LogP contribution in [0, 0.1) is 5.92 Å². The van der Waals surface area contributed by atoms with Crippen LogP contribution in [-0.4, -0.2) is 18.0 Å². The van der Waals surface area contributed by atoms with Gasteiger partial charge in [0.05, 0.1) is 12.0 Å². The molecule has 1 amide bonds. The Hall–Kier alpha value is -3.40. The first-order chi connectivity index (χ1) is 16.0. The molecule has 3 aromatic rings. The summed E-state index contributed by atoms with van der Waals surface area (Å²) in [4.78, 5) is 24.8. The van der Waals surface area contributed by atoms with Crippen molar-refractivity contribution in [3.8, 4) is 11.1 Å². The predicted octanol–water partition coefficient (Wildman–Crippen LogP) is 6.83. The fraction of sp³-hybridized carbons (Fsp3) is 0.310. The maximum atomic E-state index is 12.7. The highest BCUT2D eigenvalue weighted by Gasteiger charge is 2.28. The SMILES string of the molecule is CC(C)OC(=O)[C@H]1CC[C@@H](c2ccc(NC(=O)c3ccc(-c4ccccc4)cc3)cc2)CC1. The molecule has 1 fully saturated rings. The lowest BCUT2D eigenvalue weighted by atomic mass is 9.78. The van der Waals surface area contributed by atoms with E-state index < -0.39 is 0 Å². The summed E-state index contributed by atoms with van der Waals surface area (Å²) >= 11 is 0. The van der Waals surface area contributed by atoms with Crippen molar-refractivity contribution in [2.24, 2.45) is 5.92 Å². The smallest absolute Gasteiger partial charge is 0.309 e. The van der Waals surface area contributed by atoms with Gasteiger partial charge in [0.25, 0.3) is 5.91 Å². The summed E-state index contributed by atoms with van der Waals surface area (Å²) in [5, 5.41) is 2.99. The Kier molecular flexibility index (Phi) is 7.23. The van der Waals surface area contributed by atoms with Crippen LogP contribution >= 0.6 is 0 Å². The van der Waals surface area contributed by atoms with E-state index in [9.17, 15) is 9.59 Å². The van der Waals surface area contributed by atoms with E-state index in [1.165, 1.54) is 5.56 Å². The average Bonchev–Trinajstić information content (AvgIpc) is 2.85. The zero-order chi connectivity index (χ0) is 23.2. The van der Waals surface area contributed by atoms with E-state index in [2.05, 4.69) is 29.6 Å². The van der Waals surface area contributed by atoms with Gasteiger partial charge in [0, 0.05) is 11.3 Å². The summed E-state index contributed by atoms with van der Waals surface area (Å²) < 4.78 is 5.37. The first kappa shape index (κ1) is 22.8. The molecule has 0 radical (unpaired) electrons. The molecule has 1 aliphatic rings. The lowest BCUT2D eigenvalue weighted by Crippen LogP contribution is -2.25. The van der Waals surface area contributed by atoms with Crippen molar-refractivity contribution >= 4 is 17.6 Å². The molecule has 3 aromatic carbocycles. The number of rotatable bonds is 6. The van der Waals surface area contributed by atoms with Crippen LogP contribution in [0.3, 0.4) is 0 Å². The molecule has 170 valence electrons. The second-order valence-corrected chi connectivity index (χ2v) is 9.05. The second kappa shape index (κ2) is 10.5. The molecule has 0 unspecified atom stereocenters. The number of carbonyl (C=O) groups excluding carboxylic acids is 2. The van der Waals surface area contributed by atoms with Crippen molar-refractivity contribution < 1.29 is 14.3 Å². The van der Waals surface area contributed by atoms with Crippen LogP contribution < -0.4 is 5.32 Å². The molecule has 1 N–H and O–H groups in total. The third-order valence-electron chi connectivity index (χ3n) is 6.31.